The fraction of sp³-hybridized carbons (Fsp3) is 0.955. The number of ether oxygens (including phenoxy) is 2. The van der Waals surface area contributed by atoms with Crippen LogP contribution in [-0.2, 0) is 14.3 Å². The summed E-state index contributed by atoms with van der Waals surface area (Å²) in [4.78, 5) is 12.0. The molecule has 4 nitrogen and oxygen atoms in total. The van der Waals surface area contributed by atoms with Crippen molar-refractivity contribution < 1.29 is 19.4 Å². The van der Waals surface area contributed by atoms with Crippen LogP contribution < -0.4 is 0 Å². The number of aliphatic hydroxyl groups is 1. The minimum absolute atomic E-state index is 0.00227. The number of rotatable bonds is 2. The van der Waals surface area contributed by atoms with E-state index in [9.17, 15) is 9.90 Å². The maximum atomic E-state index is 12.0. The van der Waals surface area contributed by atoms with Crippen molar-refractivity contribution in [2.75, 3.05) is 6.61 Å². The number of hydrogen-bond acceptors (Lipinski definition) is 4. The molecule has 2 bridgehead atoms. The lowest BCUT2D eigenvalue weighted by molar-refractivity contribution is -0.230. The van der Waals surface area contributed by atoms with Gasteiger partial charge < -0.3 is 14.6 Å². The average molecular weight is 363 g/mol. The second-order valence-electron chi connectivity index (χ2n) is 10.9. The van der Waals surface area contributed by atoms with Gasteiger partial charge in [0.15, 0.2) is 0 Å². The molecule has 1 aliphatic heterocycles. The Morgan fingerprint density at radius 1 is 1.19 bits per heavy atom. The summed E-state index contributed by atoms with van der Waals surface area (Å²) in [6.07, 6.45) is 8.25. The number of carbonyl (C=O) groups is 1. The van der Waals surface area contributed by atoms with Gasteiger partial charge in [0, 0.05) is 18.9 Å². The lowest BCUT2D eigenvalue weighted by Gasteiger charge is -2.66. The first-order chi connectivity index (χ1) is 12.2. The third-order valence-electron chi connectivity index (χ3n) is 9.80. The van der Waals surface area contributed by atoms with Crippen LogP contribution in [0.15, 0.2) is 0 Å². The molecule has 0 radical (unpaired) electrons. The minimum Gasteiger partial charge on any atom is -0.462 e. The van der Waals surface area contributed by atoms with Crippen LogP contribution in [0.5, 0.6) is 0 Å². The number of epoxide rings is 1. The summed E-state index contributed by atoms with van der Waals surface area (Å²) < 4.78 is 12.4. The SMILES string of the molecule is CC(=O)O[C@@H]1C[C@H]2[C@](C)(CO)CCC[C@]2(C)[C@H]2CC[C@H]3C[C@]21[C@@H]1O[C@]31C. The van der Waals surface area contributed by atoms with Gasteiger partial charge >= 0.3 is 5.97 Å². The topological polar surface area (TPSA) is 59.1 Å². The van der Waals surface area contributed by atoms with Gasteiger partial charge in [-0.3, -0.25) is 4.79 Å². The molecule has 0 amide bonds. The second-order valence-corrected chi connectivity index (χ2v) is 10.9. The van der Waals surface area contributed by atoms with E-state index in [1.807, 2.05) is 0 Å². The van der Waals surface area contributed by atoms with E-state index in [2.05, 4.69) is 20.8 Å². The van der Waals surface area contributed by atoms with E-state index in [1.54, 1.807) is 6.92 Å². The van der Waals surface area contributed by atoms with Crippen LogP contribution in [0.3, 0.4) is 0 Å². The lowest BCUT2D eigenvalue weighted by Crippen LogP contribution is -2.64. The largest absolute Gasteiger partial charge is 0.462 e. The molecule has 1 N–H and O–H groups in total. The highest BCUT2D eigenvalue weighted by Gasteiger charge is 2.82. The van der Waals surface area contributed by atoms with Gasteiger partial charge in [-0.1, -0.05) is 20.3 Å². The summed E-state index contributed by atoms with van der Waals surface area (Å²) in [5.41, 5.74) is 0.179. The zero-order chi connectivity index (χ0) is 18.5. The van der Waals surface area contributed by atoms with E-state index in [-0.39, 0.29) is 46.6 Å². The summed E-state index contributed by atoms with van der Waals surface area (Å²) in [6.45, 7) is 8.82. The molecule has 9 atom stereocenters. The van der Waals surface area contributed by atoms with Gasteiger partial charge in [-0.2, -0.15) is 0 Å². The molecule has 4 saturated carbocycles. The predicted octanol–water partition coefficient (Wildman–Crippen LogP) is 3.70. The number of carbonyl (C=O) groups excluding carboxylic acids is 1. The smallest absolute Gasteiger partial charge is 0.302 e. The van der Waals surface area contributed by atoms with Crippen molar-refractivity contribution in [1.82, 2.24) is 0 Å². The number of esters is 1. The Morgan fingerprint density at radius 2 is 1.96 bits per heavy atom. The Labute approximate surface area is 157 Å². The van der Waals surface area contributed by atoms with Crippen molar-refractivity contribution >= 4 is 5.97 Å². The Hall–Kier alpha value is -0.610. The molecule has 26 heavy (non-hydrogen) atoms. The summed E-state index contributed by atoms with van der Waals surface area (Å²) in [6, 6.07) is 0. The van der Waals surface area contributed by atoms with Gasteiger partial charge in [-0.05, 0) is 74.0 Å². The van der Waals surface area contributed by atoms with Crippen LogP contribution in [0, 0.1) is 34.0 Å². The molecular weight excluding hydrogens is 328 g/mol. The molecule has 1 saturated heterocycles. The highest BCUT2D eigenvalue weighted by Crippen LogP contribution is 2.78. The molecule has 0 aromatic carbocycles. The Bertz CT molecular complexity index is 648. The second kappa shape index (κ2) is 5.05. The first kappa shape index (κ1) is 17.5. The molecule has 1 spiro atoms. The summed E-state index contributed by atoms with van der Waals surface area (Å²) in [5.74, 6) is 1.41. The summed E-state index contributed by atoms with van der Waals surface area (Å²) in [5, 5.41) is 10.3. The predicted molar refractivity (Wildman–Crippen MR) is 97.4 cm³/mol. The van der Waals surface area contributed by atoms with Gasteiger partial charge in [-0.15, -0.1) is 0 Å². The van der Waals surface area contributed by atoms with Crippen molar-refractivity contribution in [2.24, 2.45) is 34.0 Å². The molecule has 4 aliphatic carbocycles. The third kappa shape index (κ3) is 1.86. The van der Waals surface area contributed by atoms with Gasteiger partial charge in [-0.25, -0.2) is 0 Å². The first-order valence-corrected chi connectivity index (χ1v) is 10.7. The Morgan fingerprint density at radius 3 is 2.65 bits per heavy atom. The van der Waals surface area contributed by atoms with E-state index in [0.29, 0.717) is 17.8 Å². The normalized spacial score (nSPS) is 59.8. The molecule has 0 aromatic rings. The van der Waals surface area contributed by atoms with Crippen LogP contribution in [0.4, 0.5) is 0 Å². The lowest BCUT2D eigenvalue weighted by atomic mass is 9.40. The fourth-order valence-electron chi connectivity index (χ4n) is 8.70. The van der Waals surface area contributed by atoms with E-state index >= 15 is 0 Å². The summed E-state index contributed by atoms with van der Waals surface area (Å²) in [7, 11) is 0. The molecule has 5 aliphatic rings. The van der Waals surface area contributed by atoms with Crippen molar-refractivity contribution in [3.8, 4) is 0 Å². The molecule has 1 heterocycles. The fourth-order valence-corrected chi connectivity index (χ4v) is 8.70. The number of hydrogen-bond donors (Lipinski definition) is 1. The van der Waals surface area contributed by atoms with Crippen molar-refractivity contribution in [3.63, 3.8) is 0 Å². The van der Waals surface area contributed by atoms with Gasteiger partial charge in [0.1, 0.15) is 6.10 Å². The maximum absolute atomic E-state index is 12.0. The van der Waals surface area contributed by atoms with Gasteiger partial charge in [0.25, 0.3) is 0 Å². The zero-order valence-corrected chi connectivity index (χ0v) is 16.7. The zero-order valence-electron chi connectivity index (χ0n) is 16.7. The number of aliphatic hydroxyl groups excluding tert-OH is 1. The van der Waals surface area contributed by atoms with E-state index in [0.717, 1.165) is 19.3 Å². The van der Waals surface area contributed by atoms with E-state index in [4.69, 9.17) is 9.47 Å². The summed E-state index contributed by atoms with van der Waals surface area (Å²) >= 11 is 0. The van der Waals surface area contributed by atoms with Crippen LogP contribution in [0.1, 0.15) is 72.6 Å². The molecule has 0 unspecified atom stereocenters. The van der Waals surface area contributed by atoms with Gasteiger partial charge in [0.2, 0.25) is 0 Å². The quantitative estimate of drug-likeness (QED) is 0.601. The van der Waals surface area contributed by atoms with Crippen LogP contribution in [0.25, 0.3) is 0 Å². The van der Waals surface area contributed by atoms with Crippen LogP contribution in [0.2, 0.25) is 0 Å². The molecule has 4 heteroatoms. The molecule has 0 aromatic heterocycles. The minimum atomic E-state index is -0.162. The van der Waals surface area contributed by atoms with Crippen molar-refractivity contribution in [1.29, 1.82) is 0 Å². The van der Waals surface area contributed by atoms with Crippen LogP contribution in [-0.4, -0.2) is 35.5 Å². The van der Waals surface area contributed by atoms with E-state index < -0.39 is 0 Å². The van der Waals surface area contributed by atoms with Crippen LogP contribution >= 0.6 is 0 Å². The molecule has 5 rings (SSSR count). The van der Waals surface area contributed by atoms with Gasteiger partial charge in [0.05, 0.1) is 11.7 Å². The third-order valence-corrected chi connectivity index (χ3v) is 9.80. The standard InChI is InChI=1S/C22H34O4/c1-13(24)25-17-10-16-19(2,12-23)8-5-9-20(16,3)15-7-6-14-11-22(15,17)18-21(14,4)26-18/h14-18,23H,5-12H2,1-4H3/t14-,15+,16-,17+,18+,19-,20+,21+,22-/m0/s1. The molecule has 146 valence electrons. The highest BCUT2D eigenvalue weighted by atomic mass is 16.6. The van der Waals surface area contributed by atoms with Crippen molar-refractivity contribution in [3.05, 3.63) is 0 Å². The highest BCUT2D eigenvalue weighted by molar-refractivity contribution is 5.66. The Kier molecular flexibility index (Phi) is 3.40. The monoisotopic (exact) mass is 362 g/mol. The van der Waals surface area contributed by atoms with Crippen molar-refractivity contribution in [2.45, 2.75) is 90.4 Å². The Balaban J connectivity index is 1.62. The average Bonchev–Trinajstić information content (AvgIpc) is 3.25. The van der Waals surface area contributed by atoms with E-state index in [1.165, 1.54) is 25.7 Å². The number of fused-ring (bicyclic) bond motifs is 5. The molecule has 5 fully saturated rings. The molecular formula is C22H34O4. The first-order valence-electron chi connectivity index (χ1n) is 10.7. The maximum Gasteiger partial charge on any atom is 0.302 e.